The van der Waals surface area contributed by atoms with Crippen LogP contribution in [0.3, 0.4) is 0 Å². The van der Waals surface area contributed by atoms with Gasteiger partial charge in [0.25, 0.3) is 0 Å². The lowest BCUT2D eigenvalue weighted by molar-refractivity contribution is -0.274. The van der Waals surface area contributed by atoms with Gasteiger partial charge in [0.2, 0.25) is 5.91 Å². The zero-order valence-electron chi connectivity index (χ0n) is 13.8. The van der Waals surface area contributed by atoms with E-state index in [-0.39, 0.29) is 30.2 Å². The van der Waals surface area contributed by atoms with Crippen molar-refractivity contribution in [3.63, 3.8) is 0 Å². The van der Waals surface area contributed by atoms with Gasteiger partial charge in [-0.25, -0.2) is 0 Å². The highest BCUT2D eigenvalue weighted by Gasteiger charge is 2.31. The highest BCUT2D eigenvalue weighted by atomic mass is 35.5. The van der Waals surface area contributed by atoms with E-state index in [1.165, 1.54) is 24.3 Å². The molecule has 9 heteroatoms. The van der Waals surface area contributed by atoms with E-state index in [1.807, 2.05) is 6.92 Å². The average Bonchev–Trinajstić information content (AvgIpc) is 2.54. The fraction of sp³-hybridized carbons (Fsp3) is 0.562. The third kappa shape index (κ3) is 6.62. The Labute approximate surface area is 150 Å². The summed E-state index contributed by atoms with van der Waals surface area (Å²) in [7, 11) is 0. The van der Waals surface area contributed by atoms with Gasteiger partial charge in [0.05, 0.1) is 6.04 Å². The van der Waals surface area contributed by atoms with Gasteiger partial charge in [0, 0.05) is 25.9 Å². The van der Waals surface area contributed by atoms with Gasteiger partial charge in [-0.15, -0.1) is 25.6 Å². The summed E-state index contributed by atoms with van der Waals surface area (Å²) in [4.78, 5) is 13.7. The van der Waals surface area contributed by atoms with Crippen LogP contribution in [0, 0.1) is 0 Å². The first kappa shape index (κ1) is 21.4. The highest BCUT2D eigenvalue weighted by Crippen LogP contribution is 2.26. The van der Waals surface area contributed by atoms with Crippen LogP contribution in [0.15, 0.2) is 24.3 Å². The van der Waals surface area contributed by atoms with E-state index in [0.29, 0.717) is 38.1 Å². The molecular weight excluding hydrogens is 361 g/mol. The third-order valence-corrected chi connectivity index (χ3v) is 3.87. The molecule has 0 spiro atoms. The number of rotatable bonds is 5. The molecule has 1 saturated heterocycles. The standard InChI is InChI=1S/C16H21F3N2O3.ClH/c1-2-14(20)15(22)21-9-7-12(8-10-21)23-11-3-5-13(6-4-11)24-16(17,18)19;/h3-6,12,14H,2,7-10,20H2,1H3;1H/t14-;/m0./s1. The summed E-state index contributed by atoms with van der Waals surface area (Å²) >= 11 is 0. The van der Waals surface area contributed by atoms with Crippen LogP contribution >= 0.6 is 12.4 Å². The van der Waals surface area contributed by atoms with Crippen LogP contribution in [0.5, 0.6) is 11.5 Å². The molecule has 1 heterocycles. The van der Waals surface area contributed by atoms with E-state index in [2.05, 4.69) is 4.74 Å². The summed E-state index contributed by atoms with van der Waals surface area (Å²) in [5, 5.41) is 0. The van der Waals surface area contributed by atoms with Crippen molar-refractivity contribution in [2.45, 2.75) is 44.7 Å². The number of ether oxygens (including phenoxy) is 2. The fourth-order valence-electron chi connectivity index (χ4n) is 2.52. The third-order valence-electron chi connectivity index (χ3n) is 3.87. The number of hydrogen-bond donors (Lipinski definition) is 1. The molecule has 0 saturated carbocycles. The second kappa shape index (κ2) is 9.15. The first-order valence-electron chi connectivity index (χ1n) is 7.85. The number of amides is 1. The Kier molecular flexibility index (Phi) is 7.82. The van der Waals surface area contributed by atoms with Crippen molar-refractivity contribution in [1.82, 2.24) is 4.90 Å². The summed E-state index contributed by atoms with van der Waals surface area (Å²) in [6.07, 6.45) is -2.88. The summed E-state index contributed by atoms with van der Waals surface area (Å²) in [6.45, 7) is 2.99. The molecule has 1 aliphatic heterocycles. The van der Waals surface area contributed by atoms with Crippen LogP contribution in [0.4, 0.5) is 13.2 Å². The van der Waals surface area contributed by atoms with Crippen LogP contribution < -0.4 is 15.2 Å². The first-order chi connectivity index (χ1) is 11.3. The Balaban J connectivity index is 0.00000312. The van der Waals surface area contributed by atoms with Crippen molar-refractivity contribution in [2.75, 3.05) is 13.1 Å². The van der Waals surface area contributed by atoms with Crippen molar-refractivity contribution in [3.05, 3.63) is 24.3 Å². The first-order valence-corrected chi connectivity index (χ1v) is 7.85. The molecule has 0 aliphatic carbocycles. The van der Waals surface area contributed by atoms with E-state index in [4.69, 9.17) is 10.5 Å². The lowest BCUT2D eigenvalue weighted by Crippen LogP contribution is -2.48. The van der Waals surface area contributed by atoms with Gasteiger partial charge in [-0.05, 0) is 30.7 Å². The van der Waals surface area contributed by atoms with Crippen LogP contribution in [-0.2, 0) is 4.79 Å². The minimum atomic E-state index is -4.71. The second-order valence-corrected chi connectivity index (χ2v) is 5.68. The van der Waals surface area contributed by atoms with E-state index in [9.17, 15) is 18.0 Å². The Hall–Kier alpha value is -1.67. The highest BCUT2D eigenvalue weighted by molar-refractivity contribution is 5.85. The molecule has 1 fully saturated rings. The summed E-state index contributed by atoms with van der Waals surface area (Å²) < 4.78 is 45.9. The van der Waals surface area contributed by atoms with Gasteiger partial charge in [0.1, 0.15) is 17.6 Å². The van der Waals surface area contributed by atoms with Crippen molar-refractivity contribution in [3.8, 4) is 11.5 Å². The maximum Gasteiger partial charge on any atom is 0.573 e. The number of nitrogens with two attached hydrogens (primary N) is 1. The molecule has 25 heavy (non-hydrogen) atoms. The molecule has 1 aliphatic rings. The van der Waals surface area contributed by atoms with Crippen LogP contribution in [-0.4, -0.2) is 42.4 Å². The van der Waals surface area contributed by atoms with Gasteiger partial charge in [-0.2, -0.15) is 0 Å². The van der Waals surface area contributed by atoms with Gasteiger partial charge >= 0.3 is 6.36 Å². The molecule has 0 bridgehead atoms. The molecule has 1 aromatic rings. The monoisotopic (exact) mass is 382 g/mol. The van der Waals surface area contributed by atoms with Gasteiger partial charge < -0.3 is 20.1 Å². The number of benzene rings is 1. The van der Waals surface area contributed by atoms with E-state index < -0.39 is 12.4 Å². The van der Waals surface area contributed by atoms with E-state index >= 15 is 0 Å². The molecular formula is C16H22ClF3N2O3. The summed E-state index contributed by atoms with van der Waals surface area (Å²) in [5.74, 6) is 0.132. The molecule has 2 rings (SSSR count). The number of halogens is 4. The van der Waals surface area contributed by atoms with Crippen molar-refractivity contribution >= 4 is 18.3 Å². The van der Waals surface area contributed by atoms with Crippen molar-refractivity contribution in [1.29, 1.82) is 0 Å². The molecule has 1 atom stereocenters. The van der Waals surface area contributed by atoms with Gasteiger partial charge in [-0.3, -0.25) is 4.79 Å². The van der Waals surface area contributed by atoms with Crippen LogP contribution in [0.2, 0.25) is 0 Å². The molecule has 0 unspecified atom stereocenters. The van der Waals surface area contributed by atoms with Crippen molar-refractivity contribution in [2.24, 2.45) is 5.73 Å². The smallest absolute Gasteiger partial charge is 0.490 e. The topological polar surface area (TPSA) is 64.8 Å². The lowest BCUT2D eigenvalue weighted by Gasteiger charge is -2.33. The molecule has 0 aromatic heterocycles. The SMILES string of the molecule is CC[C@H](N)C(=O)N1CCC(Oc2ccc(OC(F)(F)F)cc2)CC1.Cl. The maximum atomic E-state index is 12.1. The largest absolute Gasteiger partial charge is 0.573 e. The molecule has 5 nitrogen and oxygen atoms in total. The summed E-state index contributed by atoms with van der Waals surface area (Å²) in [6, 6.07) is 4.82. The van der Waals surface area contributed by atoms with Crippen LogP contribution in [0.1, 0.15) is 26.2 Å². The Morgan fingerprint density at radius 3 is 2.24 bits per heavy atom. The molecule has 0 radical (unpaired) electrons. The Morgan fingerprint density at radius 1 is 1.24 bits per heavy atom. The van der Waals surface area contributed by atoms with E-state index in [1.54, 1.807) is 4.90 Å². The fourth-order valence-corrected chi connectivity index (χ4v) is 2.52. The normalized spacial score (nSPS) is 16.8. The number of alkyl halides is 3. The molecule has 1 aromatic carbocycles. The predicted octanol–water partition coefficient (Wildman–Crippen LogP) is 3.11. The zero-order valence-corrected chi connectivity index (χ0v) is 14.6. The average molecular weight is 383 g/mol. The van der Waals surface area contributed by atoms with Crippen molar-refractivity contribution < 1.29 is 27.4 Å². The number of likely N-dealkylation sites (tertiary alicyclic amines) is 1. The predicted molar refractivity (Wildman–Crippen MR) is 88.9 cm³/mol. The number of carbonyl (C=O) groups is 1. The number of nitrogens with zero attached hydrogens (tertiary/aromatic N) is 1. The maximum absolute atomic E-state index is 12.1. The Morgan fingerprint density at radius 2 is 1.76 bits per heavy atom. The van der Waals surface area contributed by atoms with Crippen LogP contribution in [0.25, 0.3) is 0 Å². The lowest BCUT2D eigenvalue weighted by atomic mass is 10.1. The summed E-state index contributed by atoms with van der Waals surface area (Å²) in [5.41, 5.74) is 5.75. The zero-order chi connectivity index (χ0) is 17.7. The number of piperidine rings is 1. The number of carbonyl (C=O) groups excluding carboxylic acids is 1. The number of hydrogen-bond acceptors (Lipinski definition) is 4. The quantitative estimate of drug-likeness (QED) is 0.849. The second-order valence-electron chi connectivity index (χ2n) is 5.68. The van der Waals surface area contributed by atoms with Gasteiger partial charge in [0.15, 0.2) is 0 Å². The molecule has 142 valence electrons. The van der Waals surface area contributed by atoms with Gasteiger partial charge in [-0.1, -0.05) is 6.92 Å². The Bertz CT molecular complexity index is 547. The molecule has 2 N–H and O–H groups in total. The molecule has 1 amide bonds. The minimum absolute atomic E-state index is 0. The van der Waals surface area contributed by atoms with E-state index in [0.717, 1.165) is 0 Å². The minimum Gasteiger partial charge on any atom is -0.490 e.